The van der Waals surface area contributed by atoms with Gasteiger partial charge in [-0.3, -0.25) is 14.5 Å². The van der Waals surface area contributed by atoms with Gasteiger partial charge in [-0.05, 0) is 39.9 Å². The van der Waals surface area contributed by atoms with Crippen molar-refractivity contribution >= 4 is 51.7 Å². The molecule has 0 aliphatic carbocycles. The van der Waals surface area contributed by atoms with Gasteiger partial charge in [-0.2, -0.15) is 0 Å². The summed E-state index contributed by atoms with van der Waals surface area (Å²) in [5.74, 6) is -2.15. The molecule has 0 radical (unpaired) electrons. The van der Waals surface area contributed by atoms with Crippen LogP contribution in [0.15, 0.2) is 289 Å². The summed E-state index contributed by atoms with van der Waals surface area (Å²) in [6.07, 6.45) is -0.845. The number of carbonyl (C=O) groups excluding carboxylic acids is 3. The van der Waals surface area contributed by atoms with E-state index in [4.69, 9.17) is 24.5 Å². The van der Waals surface area contributed by atoms with Gasteiger partial charge in [-0.1, -0.05) is 254 Å². The number of β-lactam (4-membered cyclic amide) rings is 1. The van der Waals surface area contributed by atoms with Gasteiger partial charge in [0.1, 0.15) is 46.5 Å². The summed E-state index contributed by atoms with van der Waals surface area (Å²) in [5, 5.41) is 13.2. The summed E-state index contributed by atoms with van der Waals surface area (Å²) in [7, 11) is 0. The van der Waals surface area contributed by atoms with Gasteiger partial charge in [-0.15, -0.1) is 23.1 Å². The third-order valence-electron chi connectivity index (χ3n) is 14.9. The monoisotopic (exact) mass is 1140 g/mol. The molecule has 1 saturated heterocycles. The second-order valence-corrected chi connectivity index (χ2v) is 22.0. The average Bonchev–Trinajstić information content (AvgIpc) is 1.81. The van der Waals surface area contributed by atoms with Crippen LogP contribution in [-0.2, 0) is 35.1 Å². The van der Waals surface area contributed by atoms with Gasteiger partial charge in [0.05, 0.1) is 0 Å². The van der Waals surface area contributed by atoms with E-state index < -0.39 is 52.3 Å². The van der Waals surface area contributed by atoms with Gasteiger partial charge >= 0.3 is 5.97 Å². The van der Waals surface area contributed by atoms with Gasteiger partial charge in [0.2, 0.25) is 5.60 Å². The highest BCUT2D eigenvalue weighted by Crippen LogP contribution is 2.45. The van der Waals surface area contributed by atoms with E-state index in [1.807, 2.05) is 206 Å². The molecule has 1 aromatic heterocycles. The molecule has 1 fully saturated rings. The van der Waals surface area contributed by atoms with E-state index in [0.29, 0.717) is 21.8 Å². The van der Waals surface area contributed by atoms with Gasteiger partial charge in [0.15, 0.2) is 16.9 Å². The number of thioether (sulfide) groups is 1. The lowest BCUT2D eigenvalue weighted by molar-refractivity contribution is -0.154. The first-order chi connectivity index (χ1) is 41.3. The van der Waals surface area contributed by atoms with Crippen LogP contribution in [0.3, 0.4) is 0 Å². The van der Waals surface area contributed by atoms with Gasteiger partial charge in [0.25, 0.3) is 11.8 Å². The van der Waals surface area contributed by atoms with Crippen molar-refractivity contribution in [2.45, 2.75) is 28.7 Å². The molecule has 414 valence electrons. The van der Waals surface area contributed by atoms with Crippen molar-refractivity contribution in [1.29, 1.82) is 0 Å². The molecule has 0 saturated carbocycles. The summed E-state index contributed by atoms with van der Waals surface area (Å²) >= 11 is 2.63. The van der Waals surface area contributed by atoms with E-state index in [9.17, 15) is 9.18 Å². The molecule has 3 heterocycles. The number of fused-ring (bicyclic) bond motifs is 1. The zero-order chi connectivity index (χ0) is 57.3. The first-order valence-corrected chi connectivity index (χ1v) is 29.2. The zero-order valence-corrected chi connectivity index (χ0v) is 46.7. The summed E-state index contributed by atoms with van der Waals surface area (Å²) in [6, 6.07) is 82.6. The molecule has 14 heteroatoms. The highest BCUT2D eigenvalue weighted by molar-refractivity contribution is 8.00. The predicted molar refractivity (Wildman–Crippen MR) is 327 cm³/mol. The number of nitrogens with one attached hydrogen (secondary N) is 2. The van der Waals surface area contributed by atoms with Crippen molar-refractivity contribution < 1.29 is 33.1 Å². The third-order valence-corrected chi connectivity index (χ3v) is 17.0. The maximum Gasteiger partial charge on any atom is 0.356 e. The molecule has 2 aliphatic heterocycles. The first-order valence-electron chi connectivity index (χ1n) is 27.3. The van der Waals surface area contributed by atoms with Crippen LogP contribution in [0.2, 0.25) is 0 Å². The third kappa shape index (κ3) is 11.0. The van der Waals surface area contributed by atoms with Crippen molar-refractivity contribution in [2.24, 2.45) is 5.16 Å². The molecule has 2 aliphatic rings. The maximum absolute atomic E-state index is 15.6. The molecule has 2 amide bonds. The minimum Gasteiger partial charge on any atom is -0.489 e. The molecule has 84 heavy (non-hydrogen) atoms. The number of carbonyl (C=O) groups is 3. The summed E-state index contributed by atoms with van der Waals surface area (Å²) in [6.45, 7) is -0.157. The Morgan fingerprint density at radius 1 is 0.619 bits per heavy atom. The van der Waals surface area contributed by atoms with E-state index in [1.54, 1.807) is 11.4 Å². The van der Waals surface area contributed by atoms with E-state index in [1.165, 1.54) is 46.2 Å². The highest BCUT2D eigenvalue weighted by atomic mass is 32.2. The summed E-state index contributed by atoms with van der Waals surface area (Å²) in [5.41, 5.74) is 4.48. The summed E-state index contributed by atoms with van der Waals surface area (Å²) in [4.78, 5) is 59.1. The Kier molecular flexibility index (Phi) is 16.1. The fourth-order valence-electron chi connectivity index (χ4n) is 10.8. The average molecular weight is 1140 g/mol. The molecule has 2 N–H and O–H groups in total. The number of thiazole rings is 1. The predicted octanol–water partition coefficient (Wildman–Crippen LogP) is 13.5. The van der Waals surface area contributed by atoms with Crippen LogP contribution in [0, 0.1) is 5.82 Å². The van der Waals surface area contributed by atoms with Crippen molar-refractivity contribution in [3.8, 4) is 5.75 Å². The van der Waals surface area contributed by atoms with E-state index >= 15 is 9.59 Å². The van der Waals surface area contributed by atoms with Crippen molar-refractivity contribution in [3.63, 3.8) is 0 Å². The van der Waals surface area contributed by atoms with Gasteiger partial charge in [-0.25, -0.2) is 14.2 Å². The minimum atomic E-state index is -1.40. The molecule has 9 aromatic carbocycles. The second-order valence-electron chi connectivity index (χ2n) is 20.0. The van der Waals surface area contributed by atoms with Crippen molar-refractivity contribution in [1.82, 2.24) is 15.2 Å². The van der Waals surface area contributed by atoms with Crippen LogP contribution in [-0.4, -0.2) is 57.2 Å². The van der Waals surface area contributed by atoms with Gasteiger partial charge in [0, 0.05) is 39.5 Å². The Morgan fingerprint density at radius 3 is 1.56 bits per heavy atom. The topological polar surface area (TPSA) is 131 Å². The SMILES string of the molecule is O=C(NC1C(=O)N2C(C(=O)OC(c3ccccc3)c3ccccc3)=C(COc3cccc(F)c3)CS[C@@H]12)C(=NOC(c1ccccc1)(c1ccccc1)c1ccccc1)c1csc(NC(c2ccccc2)(c2ccccc2)c2ccccc2)n1. The Balaban J connectivity index is 0.934. The van der Waals surface area contributed by atoms with Gasteiger partial charge < -0.3 is 24.9 Å². The quantitative estimate of drug-likeness (QED) is 0.0252. The standard InChI is InChI=1S/C70H54FN5O6S2/c71-57-42-25-43-58(44-57)80-45-50-46-83-66-61(65(78)76(66)62(50)67(79)81-63(48-26-9-1-10-27-48)49-28-11-2-12-29-49)73-64(77)60(75-82-70(54-36-19-6-20-37-54,55-38-21-7-22-39-55)56-40-23-8-24-41-56)59-47-84-68(72-59)74-69(51-30-13-3-14-31-51,52-32-15-4-16-33-52)53-34-17-5-18-35-53/h1-44,47,61,63,66H,45-46H2,(H,72,74)(H,73,77)/t61?,66-/m0/s1. The largest absolute Gasteiger partial charge is 0.489 e. The number of rotatable bonds is 20. The van der Waals surface area contributed by atoms with E-state index in [0.717, 1.165) is 33.4 Å². The lowest BCUT2D eigenvalue weighted by Gasteiger charge is -2.49. The zero-order valence-electron chi connectivity index (χ0n) is 45.1. The number of nitrogens with zero attached hydrogens (tertiary/aromatic N) is 3. The smallest absolute Gasteiger partial charge is 0.356 e. The second kappa shape index (κ2) is 24.7. The van der Waals surface area contributed by atoms with E-state index in [2.05, 4.69) is 47.0 Å². The number of anilines is 1. The normalized spacial score (nSPS) is 15.1. The van der Waals surface area contributed by atoms with Crippen LogP contribution in [0.25, 0.3) is 0 Å². The molecular weight excluding hydrogens is 1090 g/mol. The van der Waals surface area contributed by atoms with Crippen molar-refractivity contribution in [3.05, 3.63) is 340 Å². The number of hydrogen-bond donors (Lipinski definition) is 2. The van der Waals surface area contributed by atoms with Crippen LogP contribution >= 0.6 is 23.1 Å². The lowest BCUT2D eigenvalue weighted by atomic mass is 9.77. The maximum atomic E-state index is 15.6. The molecule has 0 bridgehead atoms. The number of benzene rings is 9. The number of hydrogen-bond acceptors (Lipinski definition) is 11. The molecule has 1 unspecified atom stereocenters. The van der Waals surface area contributed by atoms with Crippen LogP contribution < -0.4 is 15.4 Å². The molecule has 2 atom stereocenters. The number of esters is 1. The fourth-order valence-corrected chi connectivity index (χ4v) is 12.9. The minimum absolute atomic E-state index is 0.0212. The first kappa shape index (κ1) is 54.7. The molecule has 0 spiro atoms. The number of aromatic nitrogens is 1. The molecule has 10 aromatic rings. The van der Waals surface area contributed by atoms with Crippen LogP contribution in [0.1, 0.15) is 56.3 Å². The van der Waals surface area contributed by atoms with Crippen molar-refractivity contribution in [2.75, 3.05) is 17.7 Å². The lowest BCUT2D eigenvalue weighted by Crippen LogP contribution is -2.71. The number of amides is 2. The summed E-state index contributed by atoms with van der Waals surface area (Å²) < 4.78 is 26.9. The number of halogens is 1. The number of ether oxygens (including phenoxy) is 2. The highest BCUT2D eigenvalue weighted by Gasteiger charge is 2.55. The Hall–Kier alpha value is -9.89. The van der Waals surface area contributed by atoms with Crippen LogP contribution in [0.5, 0.6) is 5.75 Å². The molecule has 12 rings (SSSR count). The molecular formula is C70H54FN5O6S2. The Bertz CT molecular complexity index is 3730. The Labute approximate surface area is 494 Å². The van der Waals surface area contributed by atoms with Crippen LogP contribution in [0.4, 0.5) is 9.52 Å². The van der Waals surface area contributed by atoms with E-state index in [-0.39, 0.29) is 35.2 Å². The Morgan fingerprint density at radius 2 is 1.08 bits per heavy atom. The fraction of sp³-hybridized carbons (Fsp3) is 0.100. The molecule has 11 nitrogen and oxygen atoms in total. The number of oxime groups is 1.